The van der Waals surface area contributed by atoms with Crippen LogP contribution in [0.4, 0.5) is 4.79 Å². The molecule has 0 saturated carbocycles. The van der Waals surface area contributed by atoms with Crippen molar-refractivity contribution in [2.24, 2.45) is 0 Å². The van der Waals surface area contributed by atoms with Crippen LogP contribution < -0.4 is 16.2 Å². The first-order valence-electron chi connectivity index (χ1n) is 10.9. The minimum absolute atomic E-state index is 0.0480. The summed E-state index contributed by atoms with van der Waals surface area (Å²) in [6.07, 6.45) is 5.25. The molecule has 10 heteroatoms. The molecule has 0 radical (unpaired) electrons. The molecule has 0 saturated heterocycles. The Morgan fingerprint density at radius 2 is 1.97 bits per heavy atom. The van der Waals surface area contributed by atoms with Crippen molar-refractivity contribution >= 4 is 45.3 Å². The number of ether oxygens (including phenoxy) is 1. The van der Waals surface area contributed by atoms with Gasteiger partial charge >= 0.3 is 6.03 Å². The number of aromatic nitrogens is 2. The number of nitrogens with one attached hydrogen (secondary N) is 2. The van der Waals surface area contributed by atoms with Crippen LogP contribution in [-0.2, 0) is 22.4 Å². The highest BCUT2D eigenvalue weighted by Crippen LogP contribution is 2.34. The van der Waals surface area contributed by atoms with Gasteiger partial charge < -0.3 is 10.1 Å². The van der Waals surface area contributed by atoms with Crippen molar-refractivity contribution in [1.29, 1.82) is 0 Å². The summed E-state index contributed by atoms with van der Waals surface area (Å²) in [4.78, 5) is 44.6. The van der Waals surface area contributed by atoms with Gasteiger partial charge in [-0.2, -0.15) is 0 Å². The lowest BCUT2D eigenvalue weighted by atomic mass is 10.1. The minimum Gasteiger partial charge on any atom is -0.383 e. The molecule has 3 aromatic rings. The van der Waals surface area contributed by atoms with E-state index in [-0.39, 0.29) is 11.3 Å². The van der Waals surface area contributed by atoms with E-state index >= 15 is 0 Å². The van der Waals surface area contributed by atoms with E-state index in [9.17, 15) is 14.4 Å². The fourth-order valence-electron chi connectivity index (χ4n) is 3.87. The van der Waals surface area contributed by atoms with Gasteiger partial charge in [0.1, 0.15) is 4.83 Å². The number of benzene rings is 1. The summed E-state index contributed by atoms with van der Waals surface area (Å²) < 4.78 is 6.45. The number of methoxy groups -OCH3 is 1. The average molecular weight is 487 g/mol. The fourth-order valence-corrected chi connectivity index (χ4v) is 5.98. The van der Waals surface area contributed by atoms with Crippen LogP contribution in [0.3, 0.4) is 0 Å². The lowest BCUT2D eigenvalue weighted by Crippen LogP contribution is -2.41. The number of hydrogen-bond acceptors (Lipinski definition) is 7. The number of hydrogen-bond donors (Lipinski definition) is 2. The first-order chi connectivity index (χ1) is 16.1. The zero-order valence-electron chi connectivity index (χ0n) is 18.4. The SMILES string of the molecule is COCCNC(=O)NC(=O)CSc1nc2sc3c(c2c(=O)n1-c1ccccc1)CCCCC3. The van der Waals surface area contributed by atoms with Crippen molar-refractivity contribution in [3.8, 4) is 5.69 Å². The van der Waals surface area contributed by atoms with E-state index in [2.05, 4.69) is 10.6 Å². The van der Waals surface area contributed by atoms with Gasteiger partial charge in [0, 0.05) is 18.5 Å². The first-order valence-corrected chi connectivity index (χ1v) is 12.7. The van der Waals surface area contributed by atoms with Crippen molar-refractivity contribution in [2.75, 3.05) is 26.0 Å². The highest BCUT2D eigenvalue weighted by molar-refractivity contribution is 7.99. The van der Waals surface area contributed by atoms with Gasteiger partial charge in [-0.1, -0.05) is 36.4 Å². The third kappa shape index (κ3) is 5.45. The summed E-state index contributed by atoms with van der Waals surface area (Å²) in [6, 6.07) is 8.75. The molecular formula is C23H26N4O4S2. The van der Waals surface area contributed by atoms with Crippen molar-refractivity contribution in [3.05, 3.63) is 51.1 Å². The summed E-state index contributed by atoms with van der Waals surface area (Å²) >= 11 is 2.73. The maximum Gasteiger partial charge on any atom is 0.321 e. The largest absolute Gasteiger partial charge is 0.383 e. The number of imide groups is 1. The van der Waals surface area contributed by atoms with Crippen LogP contribution in [-0.4, -0.2) is 47.5 Å². The number of thioether (sulfide) groups is 1. The summed E-state index contributed by atoms with van der Waals surface area (Å²) in [5.41, 5.74) is 1.73. The quantitative estimate of drug-likeness (QED) is 0.230. The second-order valence-electron chi connectivity index (χ2n) is 7.70. The molecule has 1 aliphatic carbocycles. The van der Waals surface area contributed by atoms with Crippen molar-refractivity contribution in [1.82, 2.24) is 20.2 Å². The van der Waals surface area contributed by atoms with Gasteiger partial charge in [0.15, 0.2) is 5.16 Å². The second-order valence-corrected chi connectivity index (χ2v) is 9.73. The monoisotopic (exact) mass is 486 g/mol. The number of fused-ring (bicyclic) bond motifs is 3. The number of nitrogens with zero attached hydrogens (tertiary/aromatic N) is 2. The number of thiophene rings is 1. The van der Waals surface area contributed by atoms with Crippen LogP contribution >= 0.6 is 23.1 Å². The molecule has 174 valence electrons. The van der Waals surface area contributed by atoms with Crippen LogP contribution in [0.2, 0.25) is 0 Å². The van der Waals surface area contributed by atoms with Gasteiger partial charge in [-0.05, 0) is 43.4 Å². The van der Waals surface area contributed by atoms with Crippen LogP contribution in [0.15, 0.2) is 40.3 Å². The molecule has 1 aromatic carbocycles. The van der Waals surface area contributed by atoms with Gasteiger partial charge in [0.25, 0.3) is 5.56 Å². The fraction of sp³-hybridized carbons (Fsp3) is 0.391. The molecular weight excluding hydrogens is 460 g/mol. The molecule has 0 unspecified atom stereocenters. The van der Waals surface area contributed by atoms with Crippen molar-refractivity contribution < 1.29 is 14.3 Å². The van der Waals surface area contributed by atoms with E-state index in [1.807, 2.05) is 30.3 Å². The summed E-state index contributed by atoms with van der Waals surface area (Å²) in [5.74, 6) is -0.515. The Labute approximate surface area is 199 Å². The van der Waals surface area contributed by atoms with Gasteiger partial charge in [-0.15, -0.1) is 11.3 Å². The van der Waals surface area contributed by atoms with Crippen LogP contribution in [0.25, 0.3) is 15.9 Å². The van der Waals surface area contributed by atoms with Crippen molar-refractivity contribution in [3.63, 3.8) is 0 Å². The highest BCUT2D eigenvalue weighted by atomic mass is 32.2. The third-order valence-electron chi connectivity index (χ3n) is 5.40. The maximum absolute atomic E-state index is 13.7. The van der Waals surface area contributed by atoms with E-state index < -0.39 is 11.9 Å². The molecule has 8 nitrogen and oxygen atoms in total. The third-order valence-corrected chi connectivity index (χ3v) is 7.52. The van der Waals surface area contributed by atoms with Crippen LogP contribution in [0.1, 0.15) is 29.7 Å². The summed E-state index contributed by atoms with van der Waals surface area (Å²) in [5, 5.41) is 5.97. The molecule has 3 amide bonds. The van der Waals surface area contributed by atoms with E-state index in [0.717, 1.165) is 47.8 Å². The zero-order chi connectivity index (χ0) is 23.2. The standard InChI is InChI=1S/C23H26N4O4S2/c1-31-13-12-24-22(30)25-18(28)14-32-23-26-20-19(16-10-6-3-7-11-17(16)33-20)21(29)27(23)15-8-4-2-5-9-15/h2,4-5,8-9H,3,6-7,10-14H2,1H3,(H2,24,25,28,30). The molecule has 0 aliphatic heterocycles. The van der Waals surface area contributed by atoms with Gasteiger partial charge in [-0.25, -0.2) is 9.78 Å². The average Bonchev–Trinajstić information content (AvgIpc) is 2.99. The summed E-state index contributed by atoms with van der Waals surface area (Å²) in [7, 11) is 1.53. The van der Waals surface area contributed by atoms with Crippen LogP contribution in [0, 0.1) is 0 Å². The lowest BCUT2D eigenvalue weighted by molar-refractivity contribution is -0.117. The molecule has 4 rings (SSSR count). The number of carbonyl (C=O) groups excluding carboxylic acids is 2. The Hall–Kier alpha value is -2.69. The number of rotatable bonds is 7. The molecule has 2 heterocycles. The normalized spacial score (nSPS) is 13.4. The van der Waals surface area contributed by atoms with E-state index in [1.165, 1.54) is 18.4 Å². The number of aryl methyl sites for hydroxylation is 2. The first kappa shape index (κ1) is 23.5. The minimum atomic E-state index is -0.580. The zero-order valence-corrected chi connectivity index (χ0v) is 20.0. The Bertz CT molecular complexity index is 1210. The van der Waals surface area contributed by atoms with Gasteiger partial charge in [0.2, 0.25) is 5.91 Å². The highest BCUT2D eigenvalue weighted by Gasteiger charge is 2.22. The van der Waals surface area contributed by atoms with E-state index in [4.69, 9.17) is 9.72 Å². The van der Waals surface area contributed by atoms with Crippen LogP contribution in [0.5, 0.6) is 0 Å². The Morgan fingerprint density at radius 1 is 1.18 bits per heavy atom. The lowest BCUT2D eigenvalue weighted by Gasteiger charge is -2.12. The predicted octanol–water partition coefficient (Wildman–Crippen LogP) is 3.28. The molecule has 1 aliphatic rings. The van der Waals surface area contributed by atoms with Gasteiger partial charge in [0.05, 0.1) is 23.4 Å². The summed E-state index contributed by atoms with van der Waals surface area (Å²) in [6.45, 7) is 0.659. The topological polar surface area (TPSA) is 102 Å². The Morgan fingerprint density at radius 3 is 2.76 bits per heavy atom. The molecule has 0 atom stereocenters. The molecule has 0 bridgehead atoms. The second kappa shape index (κ2) is 11.0. The van der Waals surface area contributed by atoms with Gasteiger partial charge in [-0.3, -0.25) is 19.5 Å². The predicted molar refractivity (Wildman–Crippen MR) is 131 cm³/mol. The number of para-hydroxylation sites is 1. The maximum atomic E-state index is 13.7. The molecule has 2 aromatic heterocycles. The Balaban J connectivity index is 1.64. The smallest absolute Gasteiger partial charge is 0.321 e. The van der Waals surface area contributed by atoms with Crippen molar-refractivity contribution in [2.45, 2.75) is 37.3 Å². The van der Waals surface area contributed by atoms with E-state index in [0.29, 0.717) is 29.4 Å². The number of carbonyl (C=O) groups is 2. The number of amides is 3. The van der Waals surface area contributed by atoms with E-state index in [1.54, 1.807) is 15.9 Å². The molecule has 0 spiro atoms. The molecule has 2 N–H and O–H groups in total. The number of urea groups is 1. The molecule has 33 heavy (non-hydrogen) atoms. The Kier molecular flexibility index (Phi) is 7.79. The molecule has 0 fully saturated rings.